The molecule has 4 rings (SSSR count). The fourth-order valence-corrected chi connectivity index (χ4v) is 3.84. The summed E-state index contributed by atoms with van der Waals surface area (Å²) in [7, 11) is 0. The number of hydrogen-bond donors (Lipinski definition) is 3. The summed E-state index contributed by atoms with van der Waals surface area (Å²) in [4.78, 5) is 10.9. The van der Waals surface area contributed by atoms with Crippen molar-refractivity contribution < 1.29 is 19.0 Å². The molecule has 2 aliphatic rings. The monoisotopic (exact) mass is 387 g/mol. The normalized spacial score (nSPS) is 26.7. The van der Waals surface area contributed by atoms with Gasteiger partial charge in [0, 0.05) is 11.1 Å². The maximum atomic E-state index is 10.9. The molecular weight excluding hydrogens is 366 g/mol. The first-order valence-electron chi connectivity index (χ1n) is 8.80. The van der Waals surface area contributed by atoms with Gasteiger partial charge in [0.2, 0.25) is 5.91 Å². The molecule has 2 aromatic carbocycles. The number of benzene rings is 2. The quantitative estimate of drug-likeness (QED) is 0.663. The molecule has 2 fully saturated rings. The summed E-state index contributed by atoms with van der Waals surface area (Å²) in [6.45, 7) is 0.674. The Kier molecular flexibility index (Phi) is 5.22. The first-order valence-corrected chi connectivity index (χ1v) is 9.21. The lowest BCUT2D eigenvalue weighted by atomic mass is 10.1. The molecule has 2 aliphatic heterocycles. The van der Waals surface area contributed by atoms with Crippen molar-refractivity contribution in [2.75, 3.05) is 25.1 Å². The Labute approximate surface area is 162 Å². The van der Waals surface area contributed by atoms with Crippen LogP contribution in [-0.2, 0) is 19.0 Å². The van der Waals surface area contributed by atoms with E-state index in [2.05, 4.69) is 28.8 Å². The number of anilines is 1. The van der Waals surface area contributed by atoms with Crippen molar-refractivity contribution in [1.29, 1.82) is 0 Å². The van der Waals surface area contributed by atoms with E-state index in [9.17, 15) is 4.79 Å². The zero-order valence-corrected chi connectivity index (χ0v) is 15.4. The largest absolute Gasteiger partial charge is 0.370 e. The Hall–Kier alpha value is -2.26. The second-order valence-corrected chi connectivity index (χ2v) is 7.05. The van der Waals surface area contributed by atoms with Crippen LogP contribution in [0.25, 0.3) is 10.8 Å². The van der Waals surface area contributed by atoms with Crippen molar-refractivity contribution in [3.8, 4) is 0 Å². The summed E-state index contributed by atoms with van der Waals surface area (Å²) >= 11 is 5.48. The SMILES string of the molecule is NC(=O)COC1COC2C(NC(=S)Nc3cccc4ccccc34)COC12. The zero-order chi connectivity index (χ0) is 18.8. The smallest absolute Gasteiger partial charge is 0.243 e. The molecule has 2 heterocycles. The van der Waals surface area contributed by atoms with Gasteiger partial charge >= 0.3 is 0 Å². The molecule has 0 saturated carbocycles. The number of nitrogens with one attached hydrogen (secondary N) is 2. The van der Waals surface area contributed by atoms with E-state index < -0.39 is 5.91 Å². The zero-order valence-electron chi connectivity index (χ0n) is 14.6. The van der Waals surface area contributed by atoms with Gasteiger partial charge in [-0.3, -0.25) is 4.79 Å². The third-order valence-corrected chi connectivity index (χ3v) is 5.02. The fourth-order valence-electron chi connectivity index (χ4n) is 3.58. The predicted molar refractivity (Wildman–Crippen MR) is 106 cm³/mol. The van der Waals surface area contributed by atoms with E-state index in [0.717, 1.165) is 16.5 Å². The van der Waals surface area contributed by atoms with Crippen molar-refractivity contribution in [2.45, 2.75) is 24.4 Å². The molecule has 0 bridgehead atoms. The lowest BCUT2D eigenvalue weighted by molar-refractivity contribution is -0.126. The van der Waals surface area contributed by atoms with Gasteiger partial charge < -0.3 is 30.6 Å². The van der Waals surface area contributed by atoms with Gasteiger partial charge in [0.15, 0.2) is 5.11 Å². The van der Waals surface area contributed by atoms with Crippen LogP contribution in [0.3, 0.4) is 0 Å². The second-order valence-electron chi connectivity index (χ2n) is 6.64. The molecule has 8 heteroatoms. The molecule has 4 N–H and O–H groups in total. The number of thiocarbonyl (C=S) groups is 1. The Morgan fingerprint density at radius 3 is 2.78 bits per heavy atom. The summed E-state index contributed by atoms with van der Waals surface area (Å²) in [5.74, 6) is -0.508. The van der Waals surface area contributed by atoms with Crippen LogP contribution < -0.4 is 16.4 Å². The number of nitrogens with two attached hydrogens (primary N) is 1. The molecule has 0 aliphatic carbocycles. The summed E-state index contributed by atoms with van der Waals surface area (Å²) < 4.78 is 17.1. The highest BCUT2D eigenvalue weighted by atomic mass is 32.1. The van der Waals surface area contributed by atoms with Crippen LogP contribution in [0.4, 0.5) is 5.69 Å². The number of fused-ring (bicyclic) bond motifs is 2. The van der Waals surface area contributed by atoms with Crippen LogP contribution in [0.2, 0.25) is 0 Å². The summed E-state index contributed by atoms with van der Waals surface area (Å²) in [5.41, 5.74) is 6.07. The average molecular weight is 387 g/mol. The van der Waals surface area contributed by atoms with Crippen molar-refractivity contribution >= 4 is 39.7 Å². The van der Waals surface area contributed by atoms with Gasteiger partial charge in [-0.1, -0.05) is 36.4 Å². The minimum Gasteiger partial charge on any atom is -0.370 e. The molecular formula is C19H21N3O4S. The number of hydrogen-bond acceptors (Lipinski definition) is 5. The van der Waals surface area contributed by atoms with E-state index in [1.165, 1.54) is 0 Å². The molecule has 1 amide bonds. The van der Waals surface area contributed by atoms with Crippen LogP contribution >= 0.6 is 12.2 Å². The third-order valence-electron chi connectivity index (χ3n) is 4.80. The molecule has 27 heavy (non-hydrogen) atoms. The summed E-state index contributed by atoms with van der Waals surface area (Å²) in [6.07, 6.45) is -0.716. The van der Waals surface area contributed by atoms with Crippen LogP contribution in [-0.4, -0.2) is 55.2 Å². The summed E-state index contributed by atoms with van der Waals surface area (Å²) in [5, 5.41) is 9.28. The molecule has 2 saturated heterocycles. The Balaban J connectivity index is 1.37. The minimum absolute atomic E-state index is 0.0906. The van der Waals surface area contributed by atoms with Gasteiger partial charge in [-0.15, -0.1) is 0 Å². The minimum atomic E-state index is -0.508. The van der Waals surface area contributed by atoms with E-state index in [-0.39, 0.29) is 31.0 Å². The van der Waals surface area contributed by atoms with Gasteiger partial charge in [0.05, 0.1) is 19.3 Å². The molecule has 2 aromatic rings. The van der Waals surface area contributed by atoms with E-state index in [4.69, 9.17) is 32.2 Å². The molecule has 7 nitrogen and oxygen atoms in total. The van der Waals surface area contributed by atoms with Crippen LogP contribution in [0.15, 0.2) is 42.5 Å². The Morgan fingerprint density at radius 1 is 1.15 bits per heavy atom. The third kappa shape index (κ3) is 3.89. The highest BCUT2D eigenvalue weighted by Gasteiger charge is 2.48. The lowest BCUT2D eigenvalue weighted by Crippen LogP contribution is -2.46. The molecule has 0 radical (unpaired) electrons. The number of amides is 1. The topological polar surface area (TPSA) is 94.8 Å². The lowest BCUT2D eigenvalue weighted by Gasteiger charge is -2.20. The van der Waals surface area contributed by atoms with E-state index in [1.807, 2.05) is 24.3 Å². The number of primary amides is 1. The highest BCUT2D eigenvalue weighted by molar-refractivity contribution is 7.80. The molecule has 4 unspecified atom stereocenters. The first kappa shape index (κ1) is 18.1. The van der Waals surface area contributed by atoms with E-state index >= 15 is 0 Å². The maximum absolute atomic E-state index is 10.9. The maximum Gasteiger partial charge on any atom is 0.243 e. The number of carbonyl (C=O) groups is 1. The number of rotatable bonds is 5. The van der Waals surface area contributed by atoms with E-state index in [1.54, 1.807) is 0 Å². The van der Waals surface area contributed by atoms with Gasteiger partial charge in [0.1, 0.15) is 24.9 Å². The second kappa shape index (κ2) is 7.77. The highest BCUT2D eigenvalue weighted by Crippen LogP contribution is 2.29. The van der Waals surface area contributed by atoms with Crippen LogP contribution in [0.5, 0.6) is 0 Å². The van der Waals surface area contributed by atoms with E-state index in [0.29, 0.717) is 18.3 Å². The van der Waals surface area contributed by atoms with Crippen molar-refractivity contribution in [1.82, 2.24) is 5.32 Å². The number of ether oxygens (including phenoxy) is 3. The van der Waals surface area contributed by atoms with Gasteiger partial charge in [-0.2, -0.15) is 0 Å². The van der Waals surface area contributed by atoms with Gasteiger partial charge in [-0.25, -0.2) is 0 Å². The molecule has 0 spiro atoms. The van der Waals surface area contributed by atoms with Crippen molar-refractivity contribution in [2.24, 2.45) is 5.73 Å². The van der Waals surface area contributed by atoms with Crippen LogP contribution in [0, 0.1) is 0 Å². The number of carbonyl (C=O) groups excluding carboxylic acids is 1. The molecule has 0 aromatic heterocycles. The fraction of sp³-hybridized carbons (Fsp3) is 0.368. The van der Waals surface area contributed by atoms with Crippen LogP contribution in [0.1, 0.15) is 0 Å². The molecule has 4 atom stereocenters. The first-order chi connectivity index (χ1) is 13.1. The average Bonchev–Trinajstić information content (AvgIpc) is 3.23. The van der Waals surface area contributed by atoms with Crippen molar-refractivity contribution in [3.05, 3.63) is 42.5 Å². The standard InChI is InChI=1S/C19H21N3O4S/c20-16(23)10-24-15-9-26-17-14(8-25-18(15)17)22-19(27)21-13-7-3-5-11-4-1-2-6-12(11)13/h1-7,14-15,17-18H,8-10H2,(H2,20,23)(H2,21,22,27). The van der Waals surface area contributed by atoms with Gasteiger partial charge in [-0.05, 0) is 23.7 Å². The summed E-state index contributed by atoms with van der Waals surface area (Å²) in [6, 6.07) is 14.1. The Bertz CT molecular complexity index is 856. The van der Waals surface area contributed by atoms with Gasteiger partial charge in [0.25, 0.3) is 0 Å². The predicted octanol–water partition coefficient (Wildman–Crippen LogP) is 1.16. The molecule has 142 valence electrons. The van der Waals surface area contributed by atoms with Crippen molar-refractivity contribution in [3.63, 3.8) is 0 Å². The Morgan fingerprint density at radius 2 is 1.93 bits per heavy atom.